The van der Waals surface area contributed by atoms with Gasteiger partial charge in [-0.05, 0) is 12.0 Å². The minimum atomic E-state index is -0.383. The molecule has 0 radical (unpaired) electrons. The van der Waals surface area contributed by atoms with E-state index in [9.17, 15) is 4.79 Å². The third-order valence-electron chi connectivity index (χ3n) is 4.20. The Morgan fingerprint density at radius 2 is 2.11 bits per heavy atom. The molecular formula is C14H18N4O. The van der Waals surface area contributed by atoms with Gasteiger partial charge in [0.1, 0.15) is 11.4 Å². The molecule has 19 heavy (non-hydrogen) atoms. The summed E-state index contributed by atoms with van der Waals surface area (Å²) in [6.07, 6.45) is 0.859. The van der Waals surface area contributed by atoms with Gasteiger partial charge in [0, 0.05) is 26.7 Å². The summed E-state index contributed by atoms with van der Waals surface area (Å²) in [7, 11) is 1.79. The summed E-state index contributed by atoms with van der Waals surface area (Å²) < 4.78 is 0. The maximum absolute atomic E-state index is 11.7. The zero-order valence-electron chi connectivity index (χ0n) is 11.0. The molecule has 5 nitrogen and oxygen atoms in total. The Hall–Kier alpha value is -1.88. The molecule has 2 heterocycles. The predicted octanol–water partition coefficient (Wildman–Crippen LogP) is 1.05. The van der Waals surface area contributed by atoms with Gasteiger partial charge in [-0.3, -0.25) is 4.90 Å². The molecule has 0 saturated carbocycles. The molecule has 0 aliphatic carbocycles. The van der Waals surface area contributed by atoms with Crippen molar-refractivity contribution in [2.75, 3.05) is 20.1 Å². The molecule has 0 bridgehead atoms. The first-order chi connectivity index (χ1) is 9.12. The van der Waals surface area contributed by atoms with E-state index in [4.69, 9.17) is 5.73 Å². The Morgan fingerprint density at radius 3 is 2.74 bits per heavy atom. The molecule has 1 aromatic rings. The van der Waals surface area contributed by atoms with Crippen LogP contribution in [0.2, 0.25) is 0 Å². The minimum Gasteiger partial charge on any atom is -0.385 e. The number of urea groups is 1. The molecule has 2 amide bonds. The largest absolute Gasteiger partial charge is 0.385 e. The van der Waals surface area contributed by atoms with E-state index in [1.807, 2.05) is 18.2 Å². The third-order valence-corrected chi connectivity index (χ3v) is 4.20. The summed E-state index contributed by atoms with van der Waals surface area (Å²) in [5.41, 5.74) is 6.87. The van der Waals surface area contributed by atoms with Crippen LogP contribution in [0.4, 0.5) is 4.79 Å². The van der Waals surface area contributed by atoms with Crippen molar-refractivity contribution in [3.63, 3.8) is 0 Å². The molecule has 2 N–H and O–H groups in total. The number of benzene rings is 1. The standard InChI is InChI=1S/C14H18N4O/c1-17-13(19)16-12(15)14(17)7-8-18(10-14)9-11-5-3-2-4-6-11/h2-6H,7-10H2,1H3,(H2,15,16,19). The van der Waals surface area contributed by atoms with Gasteiger partial charge in [0.15, 0.2) is 0 Å². The summed E-state index contributed by atoms with van der Waals surface area (Å²) in [6, 6.07) is 10.1. The Balaban J connectivity index is 1.74. The van der Waals surface area contributed by atoms with Crippen LogP contribution >= 0.6 is 0 Å². The molecule has 0 aromatic heterocycles. The first kappa shape index (κ1) is 12.2. The minimum absolute atomic E-state index is 0.223. The van der Waals surface area contributed by atoms with Crippen molar-refractivity contribution in [3.05, 3.63) is 35.9 Å². The molecule has 3 rings (SSSR count). The average Bonchev–Trinajstić information content (AvgIpc) is 2.91. The number of likely N-dealkylation sites (tertiary alicyclic amines) is 1. The van der Waals surface area contributed by atoms with E-state index >= 15 is 0 Å². The zero-order valence-corrected chi connectivity index (χ0v) is 11.0. The van der Waals surface area contributed by atoms with Gasteiger partial charge in [-0.25, -0.2) is 4.79 Å². The van der Waals surface area contributed by atoms with Crippen molar-refractivity contribution in [1.82, 2.24) is 9.80 Å². The summed E-state index contributed by atoms with van der Waals surface area (Å²) in [6.45, 7) is 2.58. The molecule has 1 saturated heterocycles. The van der Waals surface area contributed by atoms with Gasteiger partial charge in [0.25, 0.3) is 0 Å². The van der Waals surface area contributed by atoms with Crippen LogP contribution in [0.1, 0.15) is 12.0 Å². The number of amides is 2. The van der Waals surface area contributed by atoms with Gasteiger partial charge < -0.3 is 10.6 Å². The van der Waals surface area contributed by atoms with Crippen LogP contribution in [0.25, 0.3) is 0 Å². The SMILES string of the molecule is CN1C(=O)N=C(N)C12CCN(Cc1ccccc1)C2. The molecule has 2 aliphatic rings. The maximum Gasteiger partial charge on any atom is 0.345 e. The first-order valence-electron chi connectivity index (χ1n) is 6.50. The number of aliphatic imine (C=N–C) groups is 1. The smallest absolute Gasteiger partial charge is 0.345 e. The van der Waals surface area contributed by atoms with E-state index in [1.165, 1.54) is 5.56 Å². The van der Waals surface area contributed by atoms with Crippen molar-refractivity contribution < 1.29 is 4.79 Å². The second kappa shape index (κ2) is 4.35. The van der Waals surface area contributed by atoms with Gasteiger partial charge in [-0.15, -0.1) is 0 Å². The van der Waals surface area contributed by atoms with Crippen LogP contribution in [-0.2, 0) is 6.54 Å². The molecule has 1 spiro atoms. The lowest BCUT2D eigenvalue weighted by Crippen LogP contribution is -2.54. The van der Waals surface area contributed by atoms with Gasteiger partial charge >= 0.3 is 6.03 Å². The van der Waals surface area contributed by atoms with Gasteiger partial charge in [-0.2, -0.15) is 4.99 Å². The molecule has 1 aromatic carbocycles. The van der Waals surface area contributed by atoms with Crippen LogP contribution in [0.3, 0.4) is 0 Å². The Labute approximate surface area is 112 Å². The van der Waals surface area contributed by atoms with Gasteiger partial charge in [0.2, 0.25) is 0 Å². The summed E-state index contributed by atoms with van der Waals surface area (Å²) in [5, 5.41) is 0. The number of carbonyl (C=O) groups excluding carboxylic acids is 1. The summed E-state index contributed by atoms with van der Waals surface area (Å²) in [4.78, 5) is 19.6. The molecule has 5 heteroatoms. The fourth-order valence-electron chi connectivity index (χ4n) is 2.97. The lowest BCUT2D eigenvalue weighted by Gasteiger charge is -2.31. The first-order valence-corrected chi connectivity index (χ1v) is 6.50. The maximum atomic E-state index is 11.7. The van der Waals surface area contributed by atoms with Crippen LogP contribution in [0.5, 0.6) is 0 Å². The highest BCUT2D eigenvalue weighted by molar-refractivity contribution is 6.06. The quantitative estimate of drug-likeness (QED) is 0.862. The molecule has 100 valence electrons. The molecule has 1 fully saturated rings. The predicted molar refractivity (Wildman–Crippen MR) is 73.8 cm³/mol. The fraction of sp³-hybridized carbons (Fsp3) is 0.429. The van der Waals surface area contributed by atoms with Crippen molar-refractivity contribution in [1.29, 1.82) is 0 Å². The number of nitrogens with two attached hydrogens (primary N) is 1. The van der Waals surface area contributed by atoms with Crippen LogP contribution < -0.4 is 5.73 Å². The molecular weight excluding hydrogens is 240 g/mol. The second-order valence-electron chi connectivity index (χ2n) is 5.32. The van der Waals surface area contributed by atoms with Crippen molar-refractivity contribution in [2.45, 2.75) is 18.5 Å². The van der Waals surface area contributed by atoms with Crippen LogP contribution in [0, 0.1) is 0 Å². The van der Waals surface area contributed by atoms with Crippen molar-refractivity contribution in [3.8, 4) is 0 Å². The number of rotatable bonds is 2. The molecule has 2 aliphatic heterocycles. The normalized spacial score (nSPS) is 27.3. The van der Waals surface area contributed by atoms with Crippen molar-refractivity contribution in [2.24, 2.45) is 10.7 Å². The highest BCUT2D eigenvalue weighted by Crippen LogP contribution is 2.32. The van der Waals surface area contributed by atoms with E-state index in [-0.39, 0.29) is 11.6 Å². The Bertz CT molecular complexity index is 528. The van der Waals surface area contributed by atoms with Crippen molar-refractivity contribution >= 4 is 11.9 Å². The van der Waals surface area contributed by atoms with E-state index < -0.39 is 0 Å². The molecule has 1 unspecified atom stereocenters. The van der Waals surface area contributed by atoms with E-state index in [1.54, 1.807) is 11.9 Å². The van der Waals surface area contributed by atoms with E-state index in [2.05, 4.69) is 22.0 Å². The highest BCUT2D eigenvalue weighted by Gasteiger charge is 2.50. The lowest BCUT2D eigenvalue weighted by molar-refractivity contribution is 0.188. The number of carbonyl (C=O) groups is 1. The number of nitrogens with zero attached hydrogens (tertiary/aromatic N) is 3. The summed E-state index contributed by atoms with van der Waals surface area (Å²) in [5.74, 6) is 0.468. The Kier molecular flexibility index (Phi) is 2.78. The van der Waals surface area contributed by atoms with Gasteiger partial charge in [0.05, 0.1) is 0 Å². The third kappa shape index (κ3) is 1.90. The summed E-state index contributed by atoms with van der Waals surface area (Å²) >= 11 is 0. The second-order valence-corrected chi connectivity index (χ2v) is 5.32. The number of hydrogen-bond donors (Lipinski definition) is 1. The number of amidine groups is 1. The Morgan fingerprint density at radius 1 is 1.37 bits per heavy atom. The van der Waals surface area contributed by atoms with E-state index in [0.717, 1.165) is 26.1 Å². The molecule has 1 atom stereocenters. The zero-order chi connectivity index (χ0) is 13.5. The monoisotopic (exact) mass is 258 g/mol. The van der Waals surface area contributed by atoms with E-state index in [0.29, 0.717) is 5.84 Å². The van der Waals surface area contributed by atoms with Crippen LogP contribution in [0.15, 0.2) is 35.3 Å². The fourth-order valence-corrected chi connectivity index (χ4v) is 2.97. The average molecular weight is 258 g/mol. The number of hydrogen-bond acceptors (Lipinski definition) is 3. The van der Waals surface area contributed by atoms with Gasteiger partial charge in [-0.1, -0.05) is 30.3 Å². The number of likely N-dealkylation sites (N-methyl/N-ethyl adjacent to an activating group) is 1. The lowest BCUT2D eigenvalue weighted by atomic mass is 9.97. The highest BCUT2D eigenvalue weighted by atomic mass is 16.2. The topological polar surface area (TPSA) is 61.9 Å². The van der Waals surface area contributed by atoms with Crippen LogP contribution in [-0.4, -0.2) is 47.3 Å².